The van der Waals surface area contributed by atoms with Gasteiger partial charge in [0.15, 0.2) is 0 Å². The van der Waals surface area contributed by atoms with E-state index in [4.69, 9.17) is 0 Å². The zero-order valence-electron chi connectivity index (χ0n) is 14.6. The number of hydrogen-bond donors (Lipinski definition) is 1. The first-order valence-corrected chi connectivity index (χ1v) is 8.63. The number of allylic oxidation sites excluding steroid dienone is 2. The van der Waals surface area contributed by atoms with Crippen LogP contribution in [0.15, 0.2) is 30.3 Å². The molecule has 0 amide bonds. The number of hydrogen-bond acceptors (Lipinski definition) is 2. The van der Waals surface area contributed by atoms with Crippen molar-refractivity contribution >= 4 is 11.3 Å². The Morgan fingerprint density at radius 2 is 1.68 bits per heavy atom. The average molecular weight is 298 g/mol. The summed E-state index contributed by atoms with van der Waals surface area (Å²) < 4.78 is 0. The molecule has 0 atom stereocenters. The lowest BCUT2D eigenvalue weighted by Gasteiger charge is -2.40. The minimum atomic E-state index is 0.285. The molecule has 0 aromatic heterocycles. The van der Waals surface area contributed by atoms with Gasteiger partial charge in [-0.15, -0.1) is 0 Å². The molecule has 1 saturated heterocycles. The van der Waals surface area contributed by atoms with Crippen LogP contribution in [0.2, 0.25) is 0 Å². The quantitative estimate of drug-likeness (QED) is 0.874. The molecule has 2 nitrogen and oxygen atoms in total. The zero-order valence-corrected chi connectivity index (χ0v) is 14.6. The molecule has 22 heavy (non-hydrogen) atoms. The third-order valence-corrected chi connectivity index (χ3v) is 4.88. The Hall–Kier alpha value is -1.28. The van der Waals surface area contributed by atoms with Crippen molar-refractivity contribution in [1.82, 2.24) is 5.32 Å². The number of rotatable bonds is 2. The van der Waals surface area contributed by atoms with Crippen LogP contribution >= 0.6 is 0 Å². The lowest BCUT2D eigenvalue weighted by molar-refractivity contribution is 0.229. The van der Waals surface area contributed by atoms with E-state index in [2.05, 4.69) is 68.3 Å². The molecule has 1 aliphatic carbocycles. The molecule has 1 aromatic rings. The van der Waals surface area contributed by atoms with Crippen molar-refractivity contribution in [3.63, 3.8) is 0 Å². The number of para-hydroxylation sites is 1. The van der Waals surface area contributed by atoms with E-state index in [9.17, 15) is 0 Å². The van der Waals surface area contributed by atoms with Gasteiger partial charge in [-0.25, -0.2) is 0 Å². The van der Waals surface area contributed by atoms with Gasteiger partial charge >= 0.3 is 0 Å². The van der Waals surface area contributed by atoms with Crippen molar-refractivity contribution < 1.29 is 0 Å². The Bertz CT molecular complexity index is 563. The fraction of sp³-hybridized carbons (Fsp3) is 0.600. The first-order chi connectivity index (χ1) is 10.4. The maximum Gasteiger partial charge on any atom is 0.0443 e. The average Bonchev–Trinajstić information content (AvgIpc) is 2.45. The minimum Gasteiger partial charge on any atom is -0.368 e. The molecule has 1 aromatic carbocycles. The maximum absolute atomic E-state index is 3.45. The number of nitrogens with one attached hydrogen (secondary N) is 1. The molecule has 120 valence electrons. The van der Waals surface area contributed by atoms with Crippen LogP contribution < -0.4 is 10.2 Å². The zero-order chi connectivity index (χ0) is 15.8. The first kappa shape index (κ1) is 15.6. The van der Waals surface area contributed by atoms with Crippen LogP contribution in [0.25, 0.3) is 5.57 Å². The summed E-state index contributed by atoms with van der Waals surface area (Å²) in [6.45, 7) is 14.0. The van der Waals surface area contributed by atoms with E-state index < -0.39 is 0 Å². The second kappa shape index (κ2) is 5.73. The molecule has 0 saturated carbocycles. The minimum absolute atomic E-state index is 0.285. The van der Waals surface area contributed by atoms with Crippen molar-refractivity contribution in [3.8, 4) is 0 Å². The van der Waals surface area contributed by atoms with Gasteiger partial charge in [0.25, 0.3) is 0 Å². The topological polar surface area (TPSA) is 15.3 Å². The number of nitrogens with zero attached hydrogens (tertiary/aromatic N) is 1. The van der Waals surface area contributed by atoms with Gasteiger partial charge in [-0.2, -0.15) is 0 Å². The summed E-state index contributed by atoms with van der Waals surface area (Å²) in [6, 6.07) is 8.99. The molecule has 2 aliphatic rings. The highest BCUT2D eigenvalue weighted by Crippen LogP contribution is 2.48. The fourth-order valence-corrected chi connectivity index (χ4v) is 4.48. The Kier molecular flexibility index (Phi) is 4.07. The summed E-state index contributed by atoms with van der Waals surface area (Å²) in [6.07, 6.45) is 4.97. The Morgan fingerprint density at radius 3 is 2.36 bits per heavy atom. The summed E-state index contributed by atoms with van der Waals surface area (Å²) in [5.74, 6) is 0. The number of piperazine rings is 1. The van der Waals surface area contributed by atoms with Crippen molar-refractivity contribution in [2.24, 2.45) is 10.8 Å². The molecule has 0 bridgehead atoms. The van der Waals surface area contributed by atoms with Crippen LogP contribution in [0, 0.1) is 10.8 Å². The van der Waals surface area contributed by atoms with Gasteiger partial charge in [0.1, 0.15) is 0 Å². The van der Waals surface area contributed by atoms with Gasteiger partial charge in [-0.05, 0) is 35.3 Å². The smallest absolute Gasteiger partial charge is 0.0443 e. The van der Waals surface area contributed by atoms with Gasteiger partial charge in [0.05, 0.1) is 0 Å². The second-order valence-corrected chi connectivity index (χ2v) is 8.43. The van der Waals surface area contributed by atoms with E-state index in [1.165, 1.54) is 29.7 Å². The van der Waals surface area contributed by atoms with E-state index in [1.54, 1.807) is 0 Å². The van der Waals surface area contributed by atoms with Crippen LogP contribution in [0.3, 0.4) is 0 Å². The van der Waals surface area contributed by atoms with Crippen molar-refractivity contribution in [3.05, 3.63) is 35.9 Å². The van der Waals surface area contributed by atoms with Crippen LogP contribution in [0.5, 0.6) is 0 Å². The Balaban J connectivity index is 1.99. The van der Waals surface area contributed by atoms with E-state index in [-0.39, 0.29) is 5.41 Å². The summed E-state index contributed by atoms with van der Waals surface area (Å²) >= 11 is 0. The van der Waals surface area contributed by atoms with Gasteiger partial charge in [-0.1, -0.05) is 52.0 Å². The summed E-state index contributed by atoms with van der Waals surface area (Å²) in [5, 5.41) is 3.45. The first-order valence-electron chi connectivity index (χ1n) is 8.63. The molecule has 0 unspecified atom stereocenters. The second-order valence-electron chi connectivity index (χ2n) is 8.43. The van der Waals surface area contributed by atoms with E-state index in [0.717, 1.165) is 26.2 Å². The molecule has 0 spiro atoms. The highest BCUT2D eigenvalue weighted by Gasteiger charge is 2.34. The van der Waals surface area contributed by atoms with E-state index in [1.807, 2.05) is 0 Å². The van der Waals surface area contributed by atoms with Gasteiger partial charge in [0.2, 0.25) is 0 Å². The maximum atomic E-state index is 3.45. The summed E-state index contributed by atoms with van der Waals surface area (Å²) in [5.41, 5.74) is 5.07. The number of benzene rings is 1. The molecule has 1 aliphatic heterocycles. The monoisotopic (exact) mass is 298 g/mol. The highest BCUT2D eigenvalue weighted by atomic mass is 15.2. The van der Waals surface area contributed by atoms with Crippen molar-refractivity contribution in [2.45, 2.75) is 40.5 Å². The van der Waals surface area contributed by atoms with Crippen molar-refractivity contribution in [2.75, 3.05) is 31.1 Å². The van der Waals surface area contributed by atoms with E-state index in [0.29, 0.717) is 5.41 Å². The van der Waals surface area contributed by atoms with E-state index >= 15 is 0 Å². The largest absolute Gasteiger partial charge is 0.368 e. The predicted molar refractivity (Wildman–Crippen MR) is 96.3 cm³/mol. The van der Waals surface area contributed by atoms with Crippen molar-refractivity contribution in [1.29, 1.82) is 0 Å². The predicted octanol–water partition coefficient (Wildman–Crippen LogP) is 4.33. The molecule has 2 heteroatoms. The normalized spacial score (nSPS) is 24.0. The van der Waals surface area contributed by atoms with Crippen LogP contribution in [0.4, 0.5) is 5.69 Å². The molecule has 1 heterocycles. The Labute approximate surface area is 135 Å². The highest BCUT2D eigenvalue weighted by molar-refractivity contribution is 5.78. The van der Waals surface area contributed by atoms with Crippen LogP contribution in [-0.2, 0) is 0 Å². The SMILES string of the molecule is CC1(C)C=C(c2ccccc2N2CCNCC2)CC(C)(C)C1. The molecule has 1 fully saturated rings. The molecular weight excluding hydrogens is 268 g/mol. The standard InChI is InChI=1S/C20H30N2/c1-19(2)13-16(14-20(3,4)15-19)17-7-5-6-8-18(17)22-11-9-21-10-12-22/h5-8,13,21H,9-12,14-15H2,1-4H3. The summed E-state index contributed by atoms with van der Waals surface area (Å²) in [7, 11) is 0. The molecule has 0 radical (unpaired) electrons. The van der Waals surface area contributed by atoms with Gasteiger partial charge in [-0.3, -0.25) is 0 Å². The molecular formula is C20H30N2. The summed E-state index contributed by atoms with van der Waals surface area (Å²) in [4.78, 5) is 2.54. The molecule has 1 N–H and O–H groups in total. The third kappa shape index (κ3) is 3.38. The van der Waals surface area contributed by atoms with Gasteiger partial charge in [0, 0.05) is 37.4 Å². The van der Waals surface area contributed by atoms with Crippen LogP contribution in [-0.4, -0.2) is 26.2 Å². The van der Waals surface area contributed by atoms with Crippen LogP contribution in [0.1, 0.15) is 46.1 Å². The number of anilines is 1. The molecule has 3 rings (SSSR count). The van der Waals surface area contributed by atoms with Gasteiger partial charge < -0.3 is 10.2 Å². The lowest BCUT2D eigenvalue weighted by Crippen LogP contribution is -2.43. The third-order valence-electron chi connectivity index (χ3n) is 4.88. The Morgan fingerprint density at radius 1 is 1.00 bits per heavy atom. The lowest BCUT2D eigenvalue weighted by atomic mass is 9.65. The fourth-order valence-electron chi connectivity index (χ4n) is 4.48.